The second kappa shape index (κ2) is 6.45. The fourth-order valence-corrected chi connectivity index (χ4v) is 3.85. The molecule has 3 nitrogen and oxygen atoms in total. The Morgan fingerprint density at radius 1 is 1.04 bits per heavy atom. The molecule has 1 aliphatic rings. The molecule has 3 aromatic carbocycles. The second-order valence-corrected chi connectivity index (χ2v) is 7.18. The number of carbonyl (C=O) groups excluding carboxylic acids is 1. The van der Waals surface area contributed by atoms with Crippen molar-refractivity contribution in [3.8, 4) is 0 Å². The average molecular weight is 393 g/mol. The summed E-state index contributed by atoms with van der Waals surface area (Å²) in [5.41, 5.74) is 7.91. The van der Waals surface area contributed by atoms with Crippen LogP contribution in [-0.2, 0) is 12.8 Å². The normalized spacial score (nSPS) is 13.3. The van der Waals surface area contributed by atoms with Gasteiger partial charge in [-0.25, -0.2) is 5.43 Å². The van der Waals surface area contributed by atoms with Crippen molar-refractivity contribution in [2.45, 2.75) is 19.8 Å². The maximum Gasteiger partial charge on any atom is 0.271 e. The van der Waals surface area contributed by atoms with Crippen LogP contribution < -0.4 is 5.43 Å². The highest BCUT2D eigenvalue weighted by Gasteiger charge is 2.16. The summed E-state index contributed by atoms with van der Waals surface area (Å²) >= 11 is 3.38. The lowest BCUT2D eigenvalue weighted by Gasteiger charge is -2.09. The van der Waals surface area contributed by atoms with Gasteiger partial charge in [0.15, 0.2) is 0 Å². The number of rotatable bonds is 3. The number of benzene rings is 3. The molecule has 4 heteroatoms. The number of halogens is 1. The molecule has 0 radical (unpaired) electrons. The molecular weight excluding hydrogens is 376 g/mol. The molecule has 1 aliphatic carbocycles. The van der Waals surface area contributed by atoms with E-state index in [0.29, 0.717) is 5.56 Å². The molecule has 0 saturated carbocycles. The lowest BCUT2D eigenvalue weighted by atomic mass is 9.98. The molecule has 0 spiro atoms. The summed E-state index contributed by atoms with van der Waals surface area (Å²) in [7, 11) is 0. The Morgan fingerprint density at radius 3 is 2.60 bits per heavy atom. The third-order valence-corrected chi connectivity index (χ3v) is 5.17. The highest BCUT2D eigenvalue weighted by atomic mass is 79.9. The van der Waals surface area contributed by atoms with E-state index in [0.717, 1.165) is 28.6 Å². The SMILES string of the molecule is CC(=NNC(=O)c1cccc(Br)c1)c1ccc2c3c(cccc13)CC2. The van der Waals surface area contributed by atoms with Crippen LogP contribution in [0.4, 0.5) is 0 Å². The van der Waals surface area contributed by atoms with E-state index in [1.54, 1.807) is 12.1 Å². The van der Waals surface area contributed by atoms with Crippen molar-refractivity contribution >= 4 is 38.3 Å². The summed E-state index contributed by atoms with van der Waals surface area (Å²) in [6.45, 7) is 1.93. The topological polar surface area (TPSA) is 41.5 Å². The second-order valence-electron chi connectivity index (χ2n) is 6.26. The van der Waals surface area contributed by atoms with Crippen LogP contribution in [0.5, 0.6) is 0 Å². The molecule has 0 aliphatic heterocycles. The van der Waals surface area contributed by atoms with Gasteiger partial charge < -0.3 is 0 Å². The number of nitrogens with one attached hydrogen (secondary N) is 1. The van der Waals surface area contributed by atoms with E-state index >= 15 is 0 Å². The van der Waals surface area contributed by atoms with Crippen molar-refractivity contribution in [3.63, 3.8) is 0 Å². The monoisotopic (exact) mass is 392 g/mol. The third-order valence-electron chi connectivity index (χ3n) is 4.68. The fraction of sp³-hybridized carbons (Fsp3) is 0.143. The first-order valence-electron chi connectivity index (χ1n) is 8.27. The quantitative estimate of drug-likeness (QED) is 0.502. The maximum absolute atomic E-state index is 12.3. The Morgan fingerprint density at radius 2 is 1.80 bits per heavy atom. The zero-order valence-corrected chi connectivity index (χ0v) is 15.4. The van der Waals surface area contributed by atoms with Gasteiger partial charge in [0.1, 0.15) is 0 Å². The standard InChI is InChI=1S/C21H17BrN2O/c1-13(23-24-21(25)16-5-2-6-17(22)12-16)18-11-10-15-9-8-14-4-3-7-19(18)20(14)15/h2-7,10-12H,8-9H2,1H3,(H,24,25). The van der Waals surface area contributed by atoms with Crippen molar-refractivity contribution in [2.75, 3.05) is 0 Å². The first-order chi connectivity index (χ1) is 12.1. The van der Waals surface area contributed by atoms with E-state index in [1.807, 2.05) is 19.1 Å². The van der Waals surface area contributed by atoms with Gasteiger partial charge in [0.2, 0.25) is 0 Å². The number of hydrazone groups is 1. The van der Waals surface area contributed by atoms with Gasteiger partial charge in [-0.05, 0) is 59.9 Å². The molecule has 0 aromatic heterocycles. The molecule has 25 heavy (non-hydrogen) atoms. The predicted octanol–water partition coefficient (Wildman–Crippen LogP) is 4.85. The van der Waals surface area contributed by atoms with Gasteiger partial charge in [-0.15, -0.1) is 0 Å². The van der Waals surface area contributed by atoms with Gasteiger partial charge in [0.25, 0.3) is 5.91 Å². The van der Waals surface area contributed by atoms with Crippen LogP contribution in [0.2, 0.25) is 0 Å². The van der Waals surface area contributed by atoms with Crippen LogP contribution >= 0.6 is 15.9 Å². The van der Waals surface area contributed by atoms with E-state index in [4.69, 9.17) is 0 Å². The van der Waals surface area contributed by atoms with Crippen LogP contribution in [-0.4, -0.2) is 11.6 Å². The summed E-state index contributed by atoms with van der Waals surface area (Å²) in [6, 6.07) is 18.0. The molecule has 1 amide bonds. The summed E-state index contributed by atoms with van der Waals surface area (Å²) < 4.78 is 0.869. The van der Waals surface area contributed by atoms with E-state index < -0.39 is 0 Å². The van der Waals surface area contributed by atoms with Gasteiger partial charge in [0, 0.05) is 15.6 Å². The van der Waals surface area contributed by atoms with E-state index in [1.165, 1.54) is 21.9 Å². The fourth-order valence-electron chi connectivity index (χ4n) is 3.45. The molecule has 0 heterocycles. The number of hydrogen-bond donors (Lipinski definition) is 1. The summed E-state index contributed by atoms with van der Waals surface area (Å²) in [6.07, 6.45) is 2.21. The van der Waals surface area contributed by atoms with E-state index in [2.05, 4.69) is 56.8 Å². The summed E-state index contributed by atoms with van der Waals surface area (Å²) in [5, 5.41) is 6.90. The molecule has 0 atom stereocenters. The minimum atomic E-state index is -0.216. The minimum absolute atomic E-state index is 0.216. The highest BCUT2D eigenvalue weighted by Crippen LogP contribution is 2.32. The van der Waals surface area contributed by atoms with Crippen molar-refractivity contribution in [3.05, 3.63) is 81.3 Å². The van der Waals surface area contributed by atoms with Crippen LogP contribution in [0.1, 0.15) is 34.0 Å². The third kappa shape index (κ3) is 2.98. The van der Waals surface area contributed by atoms with Crippen LogP contribution in [0.3, 0.4) is 0 Å². The molecule has 3 aromatic rings. The predicted molar refractivity (Wildman–Crippen MR) is 105 cm³/mol. The first-order valence-corrected chi connectivity index (χ1v) is 9.07. The summed E-state index contributed by atoms with van der Waals surface area (Å²) in [4.78, 5) is 12.3. The number of nitrogens with zero attached hydrogens (tertiary/aromatic N) is 1. The lowest BCUT2D eigenvalue weighted by molar-refractivity contribution is 0.0955. The highest BCUT2D eigenvalue weighted by molar-refractivity contribution is 9.10. The average Bonchev–Trinajstić information content (AvgIpc) is 3.05. The van der Waals surface area contributed by atoms with E-state index in [-0.39, 0.29) is 5.91 Å². The van der Waals surface area contributed by atoms with Gasteiger partial charge in [0.05, 0.1) is 5.71 Å². The van der Waals surface area contributed by atoms with E-state index in [9.17, 15) is 4.79 Å². The van der Waals surface area contributed by atoms with Gasteiger partial charge in [-0.1, -0.05) is 52.3 Å². The minimum Gasteiger partial charge on any atom is -0.267 e. The zero-order valence-electron chi connectivity index (χ0n) is 13.8. The van der Waals surface area contributed by atoms with Crippen molar-refractivity contribution in [1.29, 1.82) is 0 Å². The van der Waals surface area contributed by atoms with Gasteiger partial charge in [-0.3, -0.25) is 4.79 Å². The Bertz CT molecular complexity index is 1010. The molecule has 0 bridgehead atoms. The van der Waals surface area contributed by atoms with Crippen molar-refractivity contribution in [2.24, 2.45) is 5.10 Å². The maximum atomic E-state index is 12.3. The molecule has 0 saturated heterocycles. The first kappa shape index (κ1) is 16.0. The van der Waals surface area contributed by atoms with Gasteiger partial charge >= 0.3 is 0 Å². The number of hydrogen-bond acceptors (Lipinski definition) is 2. The smallest absolute Gasteiger partial charge is 0.267 e. The molecule has 0 fully saturated rings. The molecule has 1 N–H and O–H groups in total. The van der Waals surface area contributed by atoms with Crippen LogP contribution in [0.25, 0.3) is 10.8 Å². The molecule has 0 unspecified atom stereocenters. The molecule has 4 rings (SSSR count). The largest absolute Gasteiger partial charge is 0.271 e. The Balaban J connectivity index is 1.65. The number of amides is 1. The summed E-state index contributed by atoms with van der Waals surface area (Å²) in [5.74, 6) is -0.216. The number of carbonyl (C=O) groups is 1. The molecular formula is C21H17BrN2O. The zero-order chi connectivity index (χ0) is 17.4. The van der Waals surface area contributed by atoms with Crippen molar-refractivity contribution in [1.82, 2.24) is 5.43 Å². The molecule has 124 valence electrons. The lowest BCUT2D eigenvalue weighted by Crippen LogP contribution is -2.19. The van der Waals surface area contributed by atoms with Crippen LogP contribution in [0.15, 0.2) is 64.2 Å². The number of aryl methyl sites for hydroxylation is 2. The Hall–Kier alpha value is -2.46. The van der Waals surface area contributed by atoms with Gasteiger partial charge in [-0.2, -0.15) is 5.10 Å². The van der Waals surface area contributed by atoms with Crippen molar-refractivity contribution < 1.29 is 4.79 Å². The Labute approximate surface area is 154 Å². The Kier molecular flexibility index (Phi) is 4.14. The van der Waals surface area contributed by atoms with Crippen LogP contribution in [0, 0.1) is 0 Å².